The van der Waals surface area contributed by atoms with Crippen LogP contribution in [-0.2, 0) is 22.5 Å². The highest BCUT2D eigenvalue weighted by Crippen LogP contribution is 2.38. The molecule has 2 aromatic rings. The Morgan fingerprint density at radius 2 is 2.08 bits per heavy atom. The van der Waals surface area contributed by atoms with E-state index in [9.17, 15) is 9.90 Å². The Hall–Kier alpha value is -2.56. The number of esters is 1. The lowest BCUT2D eigenvalue weighted by Gasteiger charge is -2.12. The Labute approximate surface area is 154 Å². The molecule has 1 saturated carbocycles. The highest BCUT2D eigenvalue weighted by molar-refractivity contribution is 5.76. The van der Waals surface area contributed by atoms with Crippen molar-refractivity contribution in [2.75, 3.05) is 13.7 Å². The molecule has 138 valence electrons. The highest BCUT2D eigenvalue weighted by Gasteiger charge is 2.26. The van der Waals surface area contributed by atoms with Gasteiger partial charge in [0.2, 0.25) is 0 Å². The third-order valence-electron chi connectivity index (χ3n) is 4.68. The van der Waals surface area contributed by atoms with Crippen LogP contribution in [0.5, 0.6) is 11.5 Å². The van der Waals surface area contributed by atoms with E-state index in [1.165, 1.54) is 20.0 Å². The molecular formula is C21H26NO4+. The van der Waals surface area contributed by atoms with E-state index >= 15 is 0 Å². The number of phenols is 1. The predicted octanol–water partition coefficient (Wildman–Crippen LogP) is 3.26. The fraction of sp³-hybridized carbons (Fsp3) is 0.429. The molecule has 5 nitrogen and oxygen atoms in total. The number of pyridine rings is 1. The lowest BCUT2D eigenvalue weighted by molar-refractivity contribution is -0.700. The number of methoxy groups -OCH3 is 1. The number of benzene rings is 1. The largest absolute Gasteiger partial charge is 0.504 e. The summed E-state index contributed by atoms with van der Waals surface area (Å²) in [6.07, 6.45) is 7.58. The number of nitrogens with zero attached hydrogens (tertiary/aromatic N) is 1. The van der Waals surface area contributed by atoms with E-state index in [1.807, 2.05) is 31.3 Å². The van der Waals surface area contributed by atoms with Crippen molar-refractivity contribution in [1.82, 2.24) is 0 Å². The summed E-state index contributed by atoms with van der Waals surface area (Å²) in [6.45, 7) is 3.19. The summed E-state index contributed by atoms with van der Waals surface area (Å²) < 4.78 is 12.5. The molecule has 1 fully saturated rings. The van der Waals surface area contributed by atoms with Gasteiger partial charge in [0.05, 0.1) is 13.7 Å². The van der Waals surface area contributed by atoms with Crippen molar-refractivity contribution in [3.8, 4) is 22.6 Å². The molecule has 1 aliphatic carbocycles. The number of aromatic nitrogens is 1. The number of aryl methyl sites for hydroxylation is 1. The first-order valence-corrected chi connectivity index (χ1v) is 9.16. The zero-order chi connectivity index (χ0) is 18.5. The van der Waals surface area contributed by atoms with Crippen LogP contribution in [0.25, 0.3) is 11.1 Å². The summed E-state index contributed by atoms with van der Waals surface area (Å²) in [7, 11) is 1.54. The maximum atomic E-state index is 11.8. The first kappa shape index (κ1) is 18.2. The van der Waals surface area contributed by atoms with Gasteiger partial charge in [-0.25, -0.2) is 4.57 Å². The molecular weight excluding hydrogens is 330 g/mol. The van der Waals surface area contributed by atoms with Crippen LogP contribution in [0, 0.1) is 5.92 Å². The number of hydrogen-bond donors (Lipinski definition) is 1. The standard InChI is InChI=1S/C21H25NO4/c1-3-26-20(23)10-9-16-14-22(13-15-7-8-15)12-11-17(16)18-5-4-6-19(25-2)21(18)24/h4-6,11-12,14-15H,3,7-10,13H2,1-2H3/p+1. The number of ether oxygens (including phenoxy) is 2. The molecule has 1 aromatic carbocycles. The van der Waals surface area contributed by atoms with Crippen molar-refractivity contribution < 1.29 is 23.9 Å². The van der Waals surface area contributed by atoms with Crippen molar-refractivity contribution in [1.29, 1.82) is 0 Å². The Morgan fingerprint density at radius 1 is 1.27 bits per heavy atom. The van der Waals surface area contributed by atoms with E-state index in [2.05, 4.69) is 10.8 Å². The minimum Gasteiger partial charge on any atom is -0.504 e. The van der Waals surface area contributed by atoms with Crippen LogP contribution in [-0.4, -0.2) is 24.8 Å². The van der Waals surface area contributed by atoms with E-state index in [0.717, 1.165) is 23.6 Å². The van der Waals surface area contributed by atoms with E-state index in [4.69, 9.17) is 9.47 Å². The van der Waals surface area contributed by atoms with Crippen molar-refractivity contribution >= 4 is 5.97 Å². The van der Waals surface area contributed by atoms with E-state index in [0.29, 0.717) is 30.8 Å². The van der Waals surface area contributed by atoms with Crippen LogP contribution < -0.4 is 9.30 Å². The quantitative estimate of drug-likeness (QED) is 0.583. The maximum Gasteiger partial charge on any atom is 0.306 e. The zero-order valence-corrected chi connectivity index (χ0v) is 15.4. The van der Waals surface area contributed by atoms with E-state index < -0.39 is 0 Å². The number of aromatic hydroxyl groups is 1. The van der Waals surface area contributed by atoms with Gasteiger partial charge in [-0.3, -0.25) is 4.79 Å². The third-order valence-corrected chi connectivity index (χ3v) is 4.68. The smallest absolute Gasteiger partial charge is 0.306 e. The summed E-state index contributed by atoms with van der Waals surface area (Å²) >= 11 is 0. The Kier molecular flexibility index (Phi) is 5.76. The second-order valence-electron chi connectivity index (χ2n) is 6.69. The monoisotopic (exact) mass is 356 g/mol. The molecule has 0 aliphatic heterocycles. The minimum absolute atomic E-state index is 0.118. The van der Waals surface area contributed by atoms with E-state index in [-0.39, 0.29) is 11.7 Å². The lowest BCUT2D eigenvalue weighted by Crippen LogP contribution is -2.34. The average molecular weight is 356 g/mol. The number of carbonyl (C=O) groups is 1. The molecule has 1 N–H and O–H groups in total. The van der Waals surface area contributed by atoms with Gasteiger partial charge in [0.25, 0.3) is 0 Å². The number of rotatable bonds is 8. The number of carbonyl (C=O) groups excluding carboxylic acids is 1. The van der Waals surface area contributed by atoms with Crippen LogP contribution in [0.1, 0.15) is 31.7 Å². The van der Waals surface area contributed by atoms with Gasteiger partial charge in [-0.05, 0) is 32.3 Å². The molecule has 1 aliphatic rings. The summed E-state index contributed by atoms with van der Waals surface area (Å²) in [4.78, 5) is 11.8. The first-order valence-electron chi connectivity index (χ1n) is 9.16. The number of para-hydroxylation sites is 1. The molecule has 0 amide bonds. The summed E-state index contributed by atoms with van der Waals surface area (Å²) in [5, 5.41) is 10.5. The fourth-order valence-corrected chi connectivity index (χ4v) is 3.14. The van der Waals surface area contributed by atoms with Crippen molar-refractivity contribution in [3.05, 3.63) is 42.2 Å². The zero-order valence-electron chi connectivity index (χ0n) is 15.4. The fourth-order valence-electron chi connectivity index (χ4n) is 3.14. The molecule has 26 heavy (non-hydrogen) atoms. The molecule has 0 radical (unpaired) electrons. The van der Waals surface area contributed by atoms with Crippen LogP contribution in [0.4, 0.5) is 0 Å². The van der Waals surface area contributed by atoms with Crippen LogP contribution in [0.15, 0.2) is 36.7 Å². The molecule has 0 bridgehead atoms. The van der Waals surface area contributed by atoms with Gasteiger partial charge >= 0.3 is 5.97 Å². The molecule has 5 heteroatoms. The summed E-state index contributed by atoms with van der Waals surface area (Å²) in [5.74, 6) is 1.11. The van der Waals surface area contributed by atoms with Gasteiger partial charge in [0.15, 0.2) is 30.4 Å². The van der Waals surface area contributed by atoms with Crippen LogP contribution in [0.3, 0.4) is 0 Å². The molecule has 0 spiro atoms. The van der Waals surface area contributed by atoms with Gasteiger partial charge in [-0.2, -0.15) is 0 Å². The second kappa shape index (κ2) is 8.21. The molecule has 1 aromatic heterocycles. The lowest BCUT2D eigenvalue weighted by atomic mass is 9.97. The van der Waals surface area contributed by atoms with Gasteiger partial charge in [-0.1, -0.05) is 12.1 Å². The summed E-state index contributed by atoms with van der Waals surface area (Å²) in [5.41, 5.74) is 2.64. The van der Waals surface area contributed by atoms with E-state index in [1.54, 1.807) is 6.07 Å². The van der Waals surface area contributed by atoms with Crippen molar-refractivity contribution in [2.24, 2.45) is 5.92 Å². The van der Waals surface area contributed by atoms with Crippen LogP contribution in [0.2, 0.25) is 0 Å². The Balaban J connectivity index is 1.93. The topological polar surface area (TPSA) is 59.6 Å². The SMILES string of the molecule is CCOC(=O)CCc1c[n+](CC2CC2)ccc1-c1cccc(OC)c1O. The Bertz CT molecular complexity index is 784. The van der Waals surface area contributed by atoms with Crippen molar-refractivity contribution in [2.45, 2.75) is 39.2 Å². The first-order chi connectivity index (χ1) is 12.6. The van der Waals surface area contributed by atoms with Gasteiger partial charge in [-0.15, -0.1) is 0 Å². The van der Waals surface area contributed by atoms with Gasteiger partial charge < -0.3 is 14.6 Å². The molecule has 1 heterocycles. The maximum absolute atomic E-state index is 11.8. The highest BCUT2D eigenvalue weighted by atomic mass is 16.5. The van der Waals surface area contributed by atoms with Crippen molar-refractivity contribution in [3.63, 3.8) is 0 Å². The third kappa shape index (κ3) is 4.34. The average Bonchev–Trinajstić information content (AvgIpc) is 3.45. The Morgan fingerprint density at radius 3 is 2.77 bits per heavy atom. The molecule has 0 unspecified atom stereocenters. The molecule has 0 atom stereocenters. The predicted molar refractivity (Wildman–Crippen MR) is 98.0 cm³/mol. The number of hydrogen-bond acceptors (Lipinski definition) is 4. The molecule has 3 rings (SSSR count). The summed E-state index contributed by atoms with van der Waals surface area (Å²) in [6, 6.07) is 7.46. The second-order valence-corrected chi connectivity index (χ2v) is 6.69. The normalized spacial score (nSPS) is 13.5. The minimum atomic E-state index is -0.203. The number of phenolic OH excluding ortho intramolecular Hbond substituents is 1. The van der Waals surface area contributed by atoms with Gasteiger partial charge in [0, 0.05) is 35.1 Å². The van der Waals surface area contributed by atoms with Gasteiger partial charge in [0.1, 0.15) is 0 Å². The van der Waals surface area contributed by atoms with Crippen LogP contribution >= 0.6 is 0 Å². The molecule has 0 saturated heterocycles.